The van der Waals surface area contributed by atoms with Gasteiger partial charge in [0.2, 0.25) is 5.91 Å². The molecule has 122 valence electrons. The maximum absolute atomic E-state index is 12.5. The van der Waals surface area contributed by atoms with E-state index in [2.05, 4.69) is 10.3 Å². The second kappa shape index (κ2) is 6.48. The van der Waals surface area contributed by atoms with Crippen LogP contribution in [0.15, 0.2) is 12.5 Å². The van der Waals surface area contributed by atoms with Gasteiger partial charge in [-0.05, 0) is 26.7 Å². The molecule has 2 heterocycles. The summed E-state index contributed by atoms with van der Waals surface area (Å²) in [6, 6.07) is 0.237. The highest BCUT2D eigenvalue weighted by molar-refractivity contribution is 5.92. The van der Waals surface area contributed by atoms with E-state index in [-0.39, 0.29) is 30.8 Å². The zero-order chi connectivity index (χ0) is 16.3. The lowest BCUT2D eigenvalue weighted by Gasteiger charge is -2.38. The van der Waals surface area contributed by atoms with Crippen LogP contribution in [-0.4, -0.2) is 57.1 Å². The van der Waals surface area contributed by atoms with E-state index in [0.29, 0.717) is 25.1 Å². The highest BCUT2D eigenvalue weighted by Gasteiger charge is 2.37. The Balaban J connectivity index is 2.07. The minimum absolute atomic E-state index is 0.00765. The molecule has 1 aromatic heterocycles. The van der Waals surface area contributed by atoms with Gasteiger partial charge >= 0.3 is 0 Å². The van der Waals surface area contributed by atoms with Gasteiger partial charge in [0.25, 0.3) is 5.91 Å². The molecule has 1 aliphatic heterocycles. The Kier molecular flexibility index (Phi) is 4.85. The van der Waals surface area contributed by atoms with Gasteiger partial charge in [0.1, 0.15) is 5.69 Å². The molecule has 1 aliphatic rings. The third-order valence-electron chi connectivity index (χ3n) is 4.03. The summed E-state index contributed by atoms with van der Waals surface area (Å²) in [5.74, 6) is -0.421. The number of imidazole rings is 1. The predicted molar refractivity (Wildman–Crippen MR) is 81.4 cm³/mol. The number of carbonyl (C=O) groups excluding carboxylic acids is 2. The molecule has 1 saturated heterocycles. The van der Waals surface area contributed by atoms with Crippen molar-refractivity contribution in [2.45, 2.75) is 44.8 Å². The van der Waals surface area contributed by atoms with E-state index in [9.17, 15) is 14.7 Å². The molecule has 1 atom stereocenters. The van der Waals surface area contributed by atoms with E-state index in [1.807, 2.05) is 18.4 Å². The van der Waals surface area contributed by atoms with Crippen LogP contribution in [0.25, 0.3) is 0 Å². The number of amides is 2. The number of hydrogen-bond acceptors (Lipinski definition) is 4. The molecule has 1 fully saturated rings. The van der Waals surface area contributed by atoms with Crippen molar-refractivity contribution in [3.8, 4) is 0 Å². The summed E-state index contributed by atoms with van der Waals surface area (Å²) >= 11 is 0. The highest BCUT2D eigenvalue weighted by atomic mass is 16.3. The van der Waals surface area contributed by atoms with Crippen molar-refractivity contribution in [3.63, 3.8) is 0 Å². The van der Waals surface area contributed by atoms with Gasteiger partial charge in [0.05, 0.1) is 24.9 Å². The van der Waals surface area contributed by atoms with E-state index < -0.39 is 5.60 Å². The van der Waals surface area contributed by atoms with Crippen molar-refractivity contribution in [1.82, 2.24) is 19.8 Å². The van der Waals surface area contributed by atoms with Gasteiger partial charge in [-0.25, -0.2) is 4.98 Å². The van der Waals surface area contributed by atoms with Crippen molar-refractivity contribution in [2.75, 3.05) is 20.1 Å². The van der Waals surface area contributed by atoms with Crippen molar-refractivity contribution < 1.29 is 14.7 Å². The van der Waals surface area contributed by atoms with Crippen LogP contribution in [0.2, 0.25) is 0 Å². The predicted octanol–water partition coefficient (Wildman–Crippen LogP) is 0.567. The minimum Gasteiger partial charge on any atom is -0.388 e. The summed E-state index contributed by atoms with van der Waals surface area (Å²) in [5.41, 5.74) is -0.785. The van der Waals surface area contributed by atoms with Gasteiger partial charge in [-0.3, -0.25) is 9.59 Å². The van der Waals surface area contributed by atoms with Gasteiger partial charge in [0, 0.05) is 25.8 Å². The monoisotopic (exact) mass is 308 g/mol. The quantitative estimate of drug-likeness (QED) is 0.851. The van der Waals surface area contributed by atoms with Crippen LogP contribution in [0.1, 0.15) is 49.6 Å². The second-order valence-corrected chi connectivity index (χ2v) is 6.20. The molecule has 0 spiro atoms. The Hall–Kier alpha value is -1.89. The number of aliphatic hydroxyl groups is 1. The number of aromatic nitrogens is 2. The van der Waals surface area contributed by atoms with Crippen molar-refractivity contribution in [2.24, 2.45) is 0 Å². The maximum Gasteiger partial charge on any atom is 0.274 e. The molecule has 1 aromatic rings. The van der Waals surface area contributed by atoms with Crippen LogP contribution in [0.3, 0.4) is 0 Å². The fourth-order valence-corrected chi connectivity index (χ4v) is 2.71. The van der Waals surface area contributed by atoms with E-state index in [4.69, 9.17) is 0 Å². The van der Waals surface area contributed by atoms with Gasteiger partial charge in [-0.15, -0.1) is 0 Å². The van der Waals surface area contributed by atoms with Gasteiger partial charge in [0.15, 0.2) is 0 Å². The highest BCUT2D eigenvalue weighted by Crippen LogP contribution is 2.25. The Bertz CT molecular complexity index is 555. The topological polar surface area (TPSA) is 87.5 Å². The molecular formula is C15H24N4O3. The molecule has 7 nitrogen and oxygen atoms in total. The first-order valence-electron chi connectivity index (χ1n) is 7.60. The lowest BCUT2D eigenvalue weighted by atomic mass is 9.89. The van der Waals surface area contributed by atoms with Crippen LogP contribution in [0.4, 0.5) is 0 Å². The zero-order valence-corrected chi connectivity index (χ0v) is 13.4. The number of rotatable bonds is 4. The smallest absolute Gasteiger partial charge is 0.274 e. The van der Waals surface area contributed by atoms with Crippen LogP contribution in [0.5, 0.6) is 0 Å². The molecule has 0 bridgehead atoms. The van der Waals surface area contributed by atoms with Crippen LogP contribution in [0, 0.1) is 0 Å². The standard InChI is InChI=1S/C15H24N4O3/c1-11(2)19-8-12(17-10-19)14(21)18-6-4-5-15(22,9-18)7-13(20)16-3/h8,10-11,22H,4-7,9H2,1-3H3,(H,16,20). The summed E-state index contributed by atoms with van der Waals surface area (Å²) in [6.07, 6.45) is 4.56. The summed E-state index contributed by atoms with van der Waals surface area (Å²) in [6.45, 7) is 4.76. The number of hydrogen-bond donors (Lipinski definition) is 2. The third kappa shape index (κ3) is 3.65. The van der Waals surface area contributed by atoms with Gasteiger partial charge < -0.3 is 19.9 Å². The first-order valence-corrected chi connectivity index (χ1v) is 7.60. The molecule has 7 heteroatoms. The summed E-state index contributed by atoms with van der Waals surface area (Å²) < 4.78 is 1.87. The number of nitrogens with zero attached hydrogens (tertiary/aromatic N) is 3. The largest absolute Gasteiger partial charge is 0.388 e. The van der Waals surface area contributed by atoms with Crippen LogP contribution >= 0.6 is 0 Å². The minimum atomic E-state index is -1.16. The lowest BCUT2D eigenvalue weighted by molar-refractivity contribution is -0.127. The average molecular weight is 308 g/mol. The molecular weight excluding hydrogens is 284 g/mol. The van der Waals surface area contributed by atoms with Crippen LogP contribution in [-0.2, 0) is 4.79 Å². The lowest BCUT2D eigenvalue weighted by Crippen LogP contribution is -2.52. The molecule has 0 radical (unpaired) electrons. The molecule has 0 aromatic carbocycles. The molecule has 2 amide bonds. The van der Waals surface area contributed by atoms with Crippen molar-refractivity contribution in [1.29, 1.82) is 0 Å². The number of carbonyl (C=O) groups is 2. The number of likely N-dealkylation sites (tertiary alicyclic amines) is 1. The first-order chi connectivity index (χ1) is 10.3. The summed E-state index contributed by atoms with van der Waals surface area (Å²) in [7, 11) is 1.54. The average Bonchev–Trinajstić information content (AvgIpc) is 2.96. The number of piperidine rings is 1. The maximum atomic E-state index is 12.5. The molecule has 0 aliphatic carbocycles. The van der Waals surface area contributed by atoms with Gasteiger partial charge in [-0.2, -0.15) is 0 Å². The van der Waals surface area contributed by atoms with E-state index in [1.165, 1.54) is 7.05 Å². The van der Waals surface area contributed by atoms with Crippen LogP contribution < -0.4 is 5.32 Å². The Morgan fingerprint density at radius 2 is 2.23 bits per heavy atom. The second-order valence-electron chi connectivity index (χ2n) is 6.20. The van der Waals surface area contributed by atoms with Gasteiger partial charge in [-0.1, -0.05) is 0 Å². The Morgan fingerprint density at radius 1 is 1.50 bits per heavy atom. The van der Waals surface area contributed by atoms with Crippen molar-refractivity contribution >= 4 is 11.8 Å². The SMILES string of the molecule is CNC(=O)CC1(O)CCCN(C(=O)c2cn(C(C)C)cn2)C1. The molecule has 0 saturated carbocycles. The molecule has 2 N–H and O–H groups in total. The third-order valence-corrected chi connectivity index (χ3v) is 4.03. The molecule has 22 heavy (non-hydrogen) atoms. The normalized spacial score (nSPS) is 22.0. The fraction of sp³-hybridized carbons (Fsp3) is 0.667. The van der Waals surface area contributed by atoms with E-state index in [0.717, 1.165) is 0 Å². The molecule has 2 rings (SSSR count). The Morgan fingerprint density at radius 3 is 2.82 bits per heavy atom. The van der Waals surface area contributed by atoms with Crippen molar-refractivity contribution in [3.05, 3.63) is 18.2 Å². The number of β-amino-alcohol motifs (C(OH)–C–C–N with tert-alkyl or cyclic N) is 1. The fourth-order valence-electron chi connectivity index (χ4n) is 2.71. The zero-order valence-electron chi connectivity index (χ0n) is 13.4. The summed E-state index contributed by atoms with van der Waals surface area (Å²) in [4.78, 5) is 29.8. The Labute approximate surface area is 130 Å². The van der Waals surface area contributed by atoms with E-state index in [1.54, 1.807) is 17.4 Å². The van der Waals surface area contributed by atoms with E-state index >= 15 is 0 Å². The molecule has 1 unspecified atom stereocenters. The summed E-state index contributed by atoms with van der Waals surface area (Å²) in [5, 5.41) is 13.1. The number of nitrogens with one attached hydrogen (secondary N) is 1. The first kappa shape index (κ1) is 16.5.